The summed E-state index contributed by atoms with van der Waals surface area (Å²) in [6, 6.07) is 10.7. The third kappa shape index (κ3) is 2.71. The van der Waals surface area contributed by atoms with Crippen molar-refractivity contribution in [2.75, 3.05) is 4.90 Å². The van der Waals surface area contributed by atoms with Gasteiger partial charge in [0.15, 0.2) is 0 Å². The molecule has 0 spiro atoms. The van der Waals surface area contributed by atoms with Gasteiger partial charge in [-0.25, -0.2) is 9.69 Å². The topological polar surface area (TPSA) is 71.5 Å². The number of fused-ring (bicyclic) bond motifs is 1. The zero-order valence-corrected chi connectivity index (χ0v) is 14.9. The van der Waals surface area contributed by atoms with E-state index < -0.39 is 11.6 Å². The van der Waals surface area contributed by atoms with E-state index in [1.165, 1.54) is 17.5 Å². The van der Waals surface area contributed by atoms with E-state index in [1.807, 2.05) is 19.1 Å². The summed E-state index contributed by atoms with van der Waals surface area (Å²) in [6.07, 6.45) is 3.87. The fourth-order valence-corrected chi connectivity index (χ4v) is 3.45. The highest BCUT2D eigenvalue weighted by atomic mass is 16.5. The van der Waals surface area contributed by atoms with Gasteiger partial charge in [-0.1, -0.05) is 19.1 Å². The van der Waals surface area contributed by atoms with Gasteiger partial charge in [-0.15, -0.1) is 0 Å². The molecule has 4 rings (SSSR count). The van der Waals surface area contributed by atoms with E-state index in [2.05, 4.69) is 16.4 Å². The van der Waals surface area contributed by atoms with Crippen LogP contribution in [0.2, 0.25) is 0 Å². The van der Waals surface area contributed by atoms with Gasteiger partial charge in [0.1, 0.15) is 17.1 Å². The van der Waals surface area contributed by atoms with E-state index in [4.69, 9.17) is 4.74 Å². The van der Waals surface area contributed by atoms with Crippen molar-refractivity contribution in [3.8, 4) is 11.6 Å². The van der Waals surface area contributed by atoms with E-state index in [0.29, 0.717) is 18.1 Å². The Kier molecular flexibility index (Phi) is 3.90. The molecule has 26 heavy (non-hydrogen) atoms. The van der Waals surface area contributed by atoms with Crippen molar-refractivity contribution in [1.29, 1.82) is 0 Å². The molecule has 1 aliphatic carbocycles. The Morgan fingerprint density at radius 1 is 1.19 bits per heavy atom. The van der Waals surface area contributed by atoms with E-state index >= 15 is 0 Å². The maximum atomic E-state index is 12.6. The largest absolute Gasteiger partial charge is 0.439 e. The van der Waals surface area contributed by atoms with Crippen LogP contribution in [0.3, 0.4) is 0 Å². The number of carbonyl (C=O) groups is 2. The third-order valence-corrected chi connectivity index (χ3v) is 5.20. The highest BCUT2D eigenvalue weighted by Crippen LogP contribution is 2.30. The highest BCUT2D eigenvalue weighted by Gasteiger charge is 2.47. The van der Waals surface area contributed by atoms with Crippen molar-refractivity contribution in [2.24, 2.45) is 0 Å². The molecule has 2 aromatic rings. The smallest absolute Gasteiger partial charge is 0.330 e. The molecule has 1 saturated heterocycles. The van der Waals surface area contributed by atoms with Crippen LogP contribution in [-0.2, 0) is 17.6 Å². The Labute approximate surface area is 152 Å². The Morgan fingerprint density at radius 3 is 2.77 bits per heavy atom. The zero-order chi connectivity index (χ0) is 18.3. The summed E-state index contributed by atoms with van der Waals surface area (Å²) < 4.78 is 5.87. The normalized spacial score (nSPS) is 21.7. The number of aromatic nitrogens is 1. The molecule has 0 radical (unpaired) electrons. The first-order valence-electron chi connectivity index (χ1n) is 8.93. The van der Waals surface area contributed by atoms with E-state index in [1.54, 1.807) is 25.1 Å². The molecule has 0 bridgehead atoms. The van der Waals surface area contributed by atoms with E-state index in [9.17, 15) is 9.59 Å². The van der Waals surface area contributed by atoms with Crippen LogP contribution in [0.5, 0.6) is 11.6 Å². The molecule has 2 heterocycles. The fourth-order valence-electron chi connectivity index (χ4n) is 3.45. The molecular formula is C20H21N3O3. The molecule has 0 saturated carbocycles. The number of rotatable bonds is 4. The van der Waals surface area contributed by atoms with Crippen LogP contribution in [0, 0.1) is 0 Å². The molecular weight excluding hydrogens is 330 g/mol. The maximum Gasteiger partial charge on any atom is 0.330 e. The van der Waals surface area contributed by atoms with Gasteiger partial charge in [-0.3, -0.25) is 4.79 Å². The quantitative estimate of drug-likeness (QED) is 0.855. The number of aryl methyl sites for hydroxylation is 2. The van der Waals surface area contributed by atoms with Crippen LogP contribution in [0.1, 0.15) is 37.8 Å². The van der Waals surface area contributed by atoms with Gasteiger partial charge in [-0.2, -0.15) is 4.98 Å². The summed E-state index contributed by atoms with van der Waals surface area (Å²) in [6.45, 7) is 3.58. The zero-order valence-electron chi connectivity index (χ0n) is 14.9. The van der Waals surface area contributed by atoms with Crippen LogP contribution in [0.25, 0.3) is 0 Å². The van der Waals surface area contributed by atoms with Crippen molar-refractivity contribution < 1.29 is 14.3 Å². The summed E-state index contributed by atoms with van der Waals surface area (Å²) in [5.41, 5.74) is 1.79. The minimum atomic E-state index is -0.893. The molecule has 2 aliphatic rings. The summed E-state index contributed by atoms with van der Waals surface area (Å²) in [4.78, 5) is 30.3. The molecule has 1 aromatic heterocycles. The van der Waals surface area contributed by atoms with Gasteiger partial charge in [0.05, 0.1) is 0 Å². The molecule has 1 aromatic carbocycles. The fraction of sp³-hybridized carbons (Fsp3) is 0.350. The number of anilines is 1. The minimum Gasteiger partial charge on any atom is -0.439 e. The van der Waals surface area contributed by atoms with Gasteiger partial charge >= 0.3 is 6.03 Å². The summed E-state index contributed by atoms with van der Waals surface area (Å²) >= 11 is 0. The van der Waals surface area contributed by atoms with Crippen molar-refractivity contribution in [2.45, 2.75) is 45.1 Å². The number of imide groups is 1. The highest BCUT2D eigenvalue weighted by molar-refractivity contribution is 6.22. The average molecular weight is 351 g/mol. The monoisotopic (exact) mass is 351 g/mol. The molecule has 6 nitrogen and oxygen atoms in total. The lowest BCUT2D eigenvalue weighted by atomic mass is 9.99. The number of urea groups is 1. The Balaban J connectivity index is 1.59. The Hall–Kier alpha value is -2.89. The van der Waals surface area contributed by atoms with Crippen LogP contribution < -0.4 is 15.0 Å². The van der Waals surface area contributed by atoms with Crippen molar-refractivity contribution in [3.05, 3.63) is 47.5 Å². The molecule has 1 N–H and O–H groups in total. The second-order valence-electron chi connectivity index (χ2n) is 6.98. The number of carbonyl (C=O) groups excluding carboxylic acids is 2. The Morgan fingerprint density at radius 2 is 2.00 bits per heavy atom. The number of amides is 3. The molecule has 1 atom stereocenters. The first-order chi connectivity index (χ1) is 12.5. The average Bonchev–Trinajstić information content (AvgIpc) is 3.18. The number of nitrogens with one attached hydrogen (secondary N) is 1. The van der Waals surface area contributed by atoms with E-state index in [0.717, 1.165) is 17.7 Å². The van der Waals surface area contributed by atoms with Gasteiger partial charge in [0.2, 0.25) is 5.88 Å². The molecule has 134 valence electrons. The lowest BCUT2D eigenvalue weighted by Crippen LogP contribution is -2.43. The van der Waals surface area contributed by atoms with Gasteiger partial charge in [0, 0.05) is 6.07 Å². The number of hydrogen-bond acceptors (Lipinski definition) is 4. The predicted octanol–water partition coefficient (Wildman–Crippen LogP) is 3.59. The van der Waals surface area contributed by atoms with Gasteiger partial charge in [0.25, 0.3) is 5.91 Å². The lowest BCUT2D eigenvalue weighted by molar-refractivity contribution is -0.121. The molecule has 1 aliphatic heterocycles. The number of hydrogen-bond donors (Lipinski definition) is 1. The van der Waals surface area contributed by atoms with Crippen LogP contribution in [0.4, 0.5) is 10.6 Å². The molecule has 3 amide bonds. The van der Waals surface area contributed by atoms with Crippen molar-refractivity contribution >= 4 is 17.8 Å². The maximum absolute atomic E-state index is 12.6. The minimum absolute atomic E-state index is 0.267. The third-order valence-electron chi connectivity index (χ3n) is 5.20. The number of nitrogens with zero attached hydrogens (tertiary/aromatic N) is 2. The predicted molar refractivity (Wildman–Crippen MR) is 97.5 cm³/mol. The van der Waals surface area contributed by atoms with Crippen molar-refractivity contribution in [3.63, 3.8) is 0 Å². The van der Waals surface area contributed by atoms with Crippen LogP contribution >= 0.6 is 0 Å². The van der Waals surface area contributed by atoms with E-state index in [-0.39, 0.29) is 11.7 Å². The van der Waals surface area contributed by atoms with Crippen molar-refractivity contribution in [1.82, 2.24) is 10.3 Å². The second kappa shape index (κ2) is 6.12. The number of ether oxygens (including phenoxy) is 1. The summed E-state index contributed by atoms with van der Waals surface area (Å²) in [5.74, 6) is 1.03. The van der Waals surface area contributed by atoms with Crippen LogP contribution in [0.15, 0.2) is 36.4 Å². The summed E-state index contributed by atoms with van der Waals surface area (Å²) in [7, 11) is 0. The second-order valence-corrected chi connectivity index (χ2v) is 6.98. The molecule has 0 unspecified atom stereocenters. The standard InChI is InChI=1S/C20H21N3O3/c1-3-20(2)18(24)23(19(25)22-20)16-8-5-9-17(21-16)26-15-11-10-13-6-4-7-14(13)12-15/h5,8-12H,3-4,6-7H2,1-2H3,(H,22,25)/t20-/m1/s1. The summed E-state index contributed by atoms with van der Waals surface area (Å²) in [5, 5.41) is 2.73. The number of benzene rings is 1. The first-order valence-corrected chi connectivity index (χ1v) is 8.93. The number of pyridine rings is 1. The van der Waals surface area contributed by atoms with Gasteiger partial charge in [-0.05, 0) is 61.9 Å². The lowest BCUT2D eigenvalue weighted by Gasteiger charge is -2.19. The first kappa shape index (κ1) is 16.6. The SMILES string of the molecule is CC[C@@]1(C)NC(=O)N(c2cccc(Oc3ccc4c(c3)CCC4)n2)C1=O. The van der Waals surface area contributed by atoms with Crippen LogP contribution in [-0.4, -0.2) is 22.5 Å². The van der Waals surface area contributed by atoms with Gasteiger partial charge < -0.3 is 10.1 Å². The molecule has 1 fully saturated rings. The Bertz CT molecular complexity index is 896. The molecule has 6 heteroatoms.